The smallest absolute Gasteiger partial charge is 0.346 e. The van der Waals surface area contributed by atoms with Gasteiger partial charge in [-0.3, -0.25) is 0 Å². The van der Waals surface area contributed by atoms with Crippen LogP contribution in [0.4, 0.5) is 13.2 Å². The maximum Gasteiger partial charge on any atom is 0.416 e. The Balaban J connectivity index is 1.78. The minimum absolute atomic E-state index is 0.278. The third-order valence-electron chi connectivity index (χ3n) is 6.05. The fraction of sp³-hybridized carbons (Fsp3) is 0.348. The molecule has 1 aliphatic rings. The Labute approximate surface area is 166 Å². The Kier molecular flexibility index (Phi) is 4.37. The highest BCUT2D eigenvalue weighted by Crippen LogP contribution is 2.40. The normalized spacial score (nSPS) is 16.5. The lowest BCUT2D eigenvalue weighted by atomic mass is 10.0. The Morgan fingerprint density at radius 2 is 1.79 bits per heavy atom. The van der Waals surface area contributed by atoms with Gasteiger partial charge in [0.25, 0.3) is 0 Å². The molecular weight excluding hydrogens is 375 g/mol. The summed E-state index contributed by atoms with van der Waals surface area (Å²) < 4.78 is 42.3. The molecule has 0 radical (unpaired) electrons. The van der Waals surface area contributed by atoms with Gasteiger partial charge >= 0.3 is 6.18 Å². The number of pyridine rings is 1. The lowest BCUT2D eigenvalue weighted by Gasteiger charge is -2.22. The molecule has 0 unspecified atom stereocenters. The Morgan fingerprint density at radius 3 is 2.55 bits per heavy atom. The summed E-state index contributed by atoms with van der Waals surface area (Å²) in [5.74, 6) is 0. The molecule has 150 valence electrons. The van der Waals surface area contributed by atoms with Gasteiger partial charge in [-0.2, -0.15) is 13.2 Å². The molecule has 1 saturated carbocycles. The number of fused-ring (bicyclic) bond motifs is 3. The molecule has 0 bridgehead atoms. The molecule has 1 aliphatic carbocycles. The van der Waals surface area contributed by atoms with Crippen LogP contribution in [0.5, 0.6) is 0 Å². The van der Waals surface area contributed by atoms with Crippen LogP contribution in [-0.2, 0) is 6.18 Å². The molecule has 0 amide bonds. The van der Waals surface area contributed by atoms with Crippen LogP contribution in [-0.4, -0.2) is 14.5 Å². The Bertz CT molecular complexity index is 1160. The predicted octanol–water partition coefficient (Wildman–Crippen LogP) is 7.10. The number of benzene rings is 1. The summed E-state index contributed by atoms with van der Waals surface area (Å²) >= 11 is 0. The summed E-state index contributed by atoms with van der Waals surface area (Å²) in [4.78, 5) is 7.65. The highest BCUT2D eigenvalue weighted by atomic mass is 19.4. The fourth-order valence-electron chi connectivity index (χ4n) is 4.69. The minimum Gasteiger partial charge on any atom is -0.346 e. The summed E-state index contributed by atoms with van der Waals surface area (Å²) in [5.41, 5.74) is 2.70. The van der Waals surface area contributed by atoms with Gasteiger partial charge in [-0.05, 0) is 42.7 Å². The molecule has 1 N–H and O–H groups in total. The number of alkyl halides is 3. The number of nitrogens with one attached hydrogen (secondary N) is 1. The number of H-pyrrole nitrogens is 1. The molecule has 1 aromatic carbocycles. The second kappa shape index (κ2) is 6.94. The molecule has 0 aliphatic heterocycles. The third-order valence-corrected chi connectivity index (χ3v) is 6.05. The van der Waals surface area contributed by atoms with Gasteiger partial charge in [-0.25, -0.2) is 4.98 Å². The second-order valence-corrected chi connectivity index (χ2v) is 7.93. The zero-order valence-electron chi connectivity index (χ0n) is 16.0. The first-order valence-corrected chi connectivity index (χ1v) is 10.2. The van der Waals surface area contributed by atoms with Crippen LogP contribution in [0, 0.1) is 0 Å². The average molecular weight is 397 g/mol. The molecule has 3 heterocycles. The van der Waals surface area contributed by atoms with Crippen molar-refractivity contribution in [1.29, 1.82) is 0 Å². The van der Waals surface area contributed by atoms with E-state index >= 15 is 0 Å². The van der Waals surface area contributed by atoms with Gasteiger partial charge < -0.3 is 9.55 Å². The number of hydrogen-bond donors (Lipinski definition) is 1. The standard InChI is InChI=1S/C23H22F3N3/c24-23(25,26)17-7-5-6-15(12-17)20-13-16-14-28-22-19(10-11-27-22)21(16)29(20)18-8-3-1-2-4-9-18/h5-7,10-14,18H,1-4,8-9H2,(H,27,28). The van der Waals surface area contributed by atoms with Crippen LogP contribution < -0.4 is 0 Å². The van der Waals surface area contributed by atoms with E-state index in [-0.39, 0.29) is 6.04 Å². The first-order chi connectivity index (χ1) is 14.0. The lowest BCUT2D eigenvalue weighted by Crippen LogP contribution is -2.10. The van der Waals surface area contributed by atoms with Gasteiger partial charge in [0.15, 0.2) is 0 Å². The molecule has 3 nitrogen and oxygen atoms in total. The van der Waals surface area contributed by atoms with Crippen LogP contribution in [0.25, 0.3) is 33.2 Å². The van der Waals surface area contributed by atoms with Crippen LogP contribution in [0.1, 0.15) is 50.1 Å². The van der Waals surface area contributed by atoms with Crippen molar-refractivity contribution in [3.05, 3.63) is 54.4 Å². The van der Waals surface area contributed by atoms with E-state index in [1.165, 1.54) is 25.0 Å². The van der Waals surface area contributed by atoms with Crippen LogP contribution in [0.3, 0.4) is 0 Å². The van der Waals surface area contributed by atoms with Crippen molar-refractivity contribution in [2.24, 2.45) is 0 Å². The summed E-state index contributed by atoms with van der Waals surface area (Å²) in [6.45, 7) is 0. The molecule has 1 fully saturated rings. The predicted molar refractivity (Wildman–Crippen MR) is 109 cm³/mol. The Hall–Kier alpha value is -2.76. The van der Waals surface area contributed by atoms with Crippen molar-refractivity contribution < 1.29 is 13.2 Å². The summed E-state index contributed by atoms with van der Waals surface area (Å²) in [6.07, 6.45) is 6.15. The number of halogens is 3. The maximum absolute atomic E-state index is 13.3. The highest BCUT2D eigenvalue weighted by Gasteiger charge is 2.31. The maximum atomic E-state index is 13.3. The lowest BCUT2D eigenvalue weighted by molar-refractivity contribution is -0.137. The number of rotatable bonds is 2. The Morgan fingerprint density at radius 1 is 1.00 bits per heavy atom. The topological polar surface area (TPSA) is 33.6 Å². The summed E-state index contributed by atoms with van der Waals surface area (Å²) in [7, 11) is 0. The average Bonchev–Trinajstić information content (AvgIpc) is 3.24. The van der Waals surface area contributed by atoms with Crippen molar-refractivity contribution in [2.45, 2.75) is 50.7 Å². The molecule has 0 atom stereocenters. The van der Waals surface area contributed by atoms with Crippen LogP contribution >= 0.6 is 0 Å². The van der Waals surface area contributed by atoms with E-state index in [4.69, 9.17) is 0 Å². The largest absolute Gasteiger partial charge is 0.416 e. The molecular formula is C23H22F3N3. The van der Waals surface area contributed by atoms with Gasteiger partial charge in [-0.1, -0.05) is 37.8 Å². The van der Waals surface area contributed by atoms with Crippen molar-refractivity contribution >= 4 is 21.9 Å². The minimum atomic E-state index is -4.36. The second-order valence-electron chi connectivity index (χ2n) is 7.93. The van der Waals surface area contributed by atoms with Crippen LogP contribution in [0.2, 0.25) is 0 Å². The van der Waals surface area contributed by atoms with E-state index in [1.807, 2.05) is 24.5 Å². The first-order valence-electron chi connectivity index (χ1n) is 10.2. The van der Waals surface area contributed by atoms with E-state index < -0.39 is 11.7 Å². The molecule has 29 heavy (non-hydrogen) atoms. The third kappa shape index (κ3) is 3.20. The van der Waals surface area contributed by atoms with Gasteiger partial charge in [0.05, 0.1) is 11.1 Å². The van der Waals surface area contributed by atoms with E-state index in [0.29, 0.717) is 5.56 Å². The van der Waals surface area contributed by atoms with Crippen molar-refractivity contribution in [2.75, 3.05) is 0 Å². The molecule has 0 spiro atoms. The van der Waals surface area contributed by atoms with Crippen LogP contribution in [0.15, 0.2) is 48.8 Å². The van der Waals surface area contributed by atoms with Crippen molar-refractivity contribution in [3.63, 3.8) is 0 Å². The molecule has 5 rings (SSSR count). The summed E-state index contributed by atoms with van der Waals surface area (Å²) in [6, 6.07) is 9.95. The number of hydrogen-bond acceptors (Lipinski definition) is 1. The first kappa shape index (κ1) is 18.3. The number of aromatic amines is 1. The van der Waals surface area contributed by atoms with Gasteiger partial charge in [0.1, 0.15) is 5.65 Å². The van der Waals surface area contributed by atoms with Gasteiger partial charge in [-0.15, -0.1) is 0 Å². The highest BCUT2D eigenvalue weighted by molar-refractivity contribution is 6.05. The molecule has 0 saturated heterocycles. The van der Waals surface area contributed by atoms with Gasteiger partial charge in [0.2, 0.25) is 0 Å². The van der Waals surface area contributed by atoms with E-state index in [1.54, 1.807) is 6.07 Å². The zero-order chi connectivity index (χ0) is 20.0. The van der Waals surface area contributed by atoms with Crippen molar-refractivity contribution in [3.8, 4) is 11.3 Å². The number of aromatic nitrogens is 3. The van der Waals surface area contributed by atoms with Crippen molar-refractivity contribution in [1.82, 2.24) is 14.5 Å². The molecule has 4 aromatic rings. The zero-order valence-corrected chi connectivity index (χ0v) is 16.0. The van der Waals surface area contributed by atoms with Gasteiger partial charge in [0, 0.05) is 34.9 Å². The quantitative estimate of drug-likeness (QED) is 0.360. The SMILES string of the molecule is FC(F)(F)c1cccc(-c2cc3cnc4[nH]ccc4c3n2C2CCCCCC2)c1. The fourth-order valence-corrected chi connectivity index (χ4v) is 4.69. The summed E-state index contributed by atoms with van der Waals surface area (Å²) in [5, 5.41) is 1.98. The molecule has 6 heteroatoms. The van der Waals surface area contributed by atoms with E-state index in [9.17, 15) is 13.2 Å². The number of nitrogens with zero attached hydrogens (tertiary/aromatic N) is 2. The monoisotopic (exact) mass is 397 g/mol. The van der Waals surface area contributed by atoms with E-state index in [2.05, 4.69) is 14.5 Å². The van der Waals surface area contributed by atoms with E-state index in [0.717, 1.165) is 59.4 Å². The molecule has 3 aromatic heterocycles.